The molecule has 1 saturated heterocycles. The lowest BCUT2D eigenvalue weighted by Gasteiger charge is -2.24. The van der Waals surface area contributed by atoms with Crippen LogP contribution in [0, 0.1) is 0 Å². The van der Waals surface area contributed by atoms with Crippen LogP contribution in [0.3, 0.4) is 0 Å². The lowest BCUT2D eigenvalue weighted by Crippen LogP contribution is -2.38. The van der Waals surface area contributed by atoms with Gasteiger partial charge in [0.15, 0.2) is 0 Å². The summed E-state index contributed by atoms with van der Waals surface area (Å²) in [5.74, 6) is 0. The highest BCUT2D eigenvalue weighted by molar-refractivity contribution is 6.30. The van der Waals surface area contributed by atoms with Crippen molar-refractivity contribution < 1.29 is 0 Å². The van der Waals surface area contributed by atoms with Crippen molar-refractivity contribution in [2.24, 2.45) is 0 Å². The number of benzene rings is 1. The zero-order valence-electron chi connectivity index (χ0n) is 8.09. The number of hydrogen-bond acceptors (Lipinski definition) is 2. The van der Waals surface area contributed by atoms with Crippen molar-refractivity contribution >= 4 is 17.3 Å². The second kappa shape index (κ2) is 4.67. The van der Waals surface area contributed by atoms with E-state index < -0.39 is 0 Å². The molecule has 1 heterocycles. The number of piperidine rings is 1. The van der Waals surface area contributed by atoms with E-state index in [9.17, 15) is 0 Å². The van der Waals surface area contributed by atoms with E-state index in [2.05, 4.69) is 16.7 Å². The Hall–Kier alpha value is -0.730. The van der Waals surface area contributed by atoms with Gasteiger partial charge in [-0.1, -0.05) is 17.7 Å². The summed E-state index contributed by atoms with van der Waals surface area (Å²) in [4.78, 5) is 0. The highest BCUT2D eigenvalue weighted by Crippen LogP contribution is 2.17. The van der Waals surface area contributed by atoms with Crippen molar-refractivity contribution in [1.29, 1.82) is 0 Å². The van der Waals surface area contributed by atoms with Crippen molar-refractivity contribution in [2.45, 2.75) is 18.9 Å². The number of hydrogen-bond donors (Lipinski definition) is 2. The van der Waals surface area contributed by atoms with E-state index >= 15 is 0 Å². The number of anilines is 1. The van der Waals surface area contributed by atoms with Gasteiger partial charge < -0.3 is 10.6 Å². The van der Waals surface area contributed by atoms with E-state index in [1.165, 1.54) is 12.8 Å². The zero-order valence-corrected chi connectivity index (χ0v) is 8.85. The molecule has 2 nitrogen and oxygen atoms in total. The first-order valence-corrected chi connectivity index (χ1v) is 5.45. The average Bonchev–Trinajstić information content (AvgIpc) is 2.19. The molecule has 2 N–H and O–H groups in total. The summed E-state index contributed by atoms with van der Waals surface area (Å²) in [6.07, 6.45) is 2.48. The van der Waals surface area contributed by atoms with Gasteiger partial charge in [-0.25, -0.2) is 0 Å². The van der Waals surface area contributed by atoms with Crippen LogP contribution in [0.5, 0.6) is 0 Å². The summed E-state index contributed by atoms with van der Waals surface area (Å²) in [6.45, 7) is 2.19. The van der Waals surface area contributed by atoms with Gasteiger partial charge in [-0.15, -0.1) is 0 Å². The van der Waals surface area contributed by atoms with Crippen molar-refractivity contribution in [1.82, 2.24) is 5.32 Å². The molecule has 2 rings (SSSR count). The number of rotatable bonds is 2. The van der Waals surface area contributed by atoms with Crippen LogP contribution >= 0.6 is 11.6 Å². The Kier molecular flexibility index (Phi) is 3.27. The van der Waals surface area contributed by atoms with Gasteiger partial charge in [-0.05, 0) is 37.6 Å². The van der Waals surface area contributed by atoms with Crippen molar-refractivity contribution in [3.05, 3.63) is 29.3 Å². The van der Waals surface area contributed by atoms with Gasteiger partial charge in [-0.3, -0.25) is 0 Å². The zero-order chi connectivity index (χ0) is 9.80. The van der Waals surface area contributed by atoms with E-state index in [0.29, 0.717) is 6.04 Å². The fourth-order valence-electron chi connectivity index (χ4n) is 1.79. The molecule has 0 amide bonds. The predicted octanol–water partition coefficient (Wildman–Crippen LogP) is 2.50. The first-order chi connectivity index (χ1) is 6.84. The van der Waals surface area contributed by atoms with E-state index in [0.717, 1.165) is 23.8 Å². The molecule has 1 fully saturated rings. The SMILES string of the molecule is Clc1cccc(NC2CCCNC2)c1. The Bertz CT molecular complexity index is 295. The van der Waals surface area contributed by atoms with Crippen LogP contribution in [0.4, 0.5) is 5.69 Å². The van der Waals surface area contributed by atoms with Crippen molar-refractivity contribution in [2.75, 3.05) is 18.4 Å². The normalized spacial score (nSPS) is 21.9. The summed E-state index contributed by atoms with van der Waals surface area (Å²) < 4.78 is 0. The second-order valence-corrected chi connectivity index (χ2v) is 4.13. The molecule has 0 saturated carbocycles. The van der Waals surface area contributed by atoms with Gasteiger partial charge >= 0.3 is 0 Å². The summed E-state index contributed by atoms with van der Waals surface area (Å²) in [6, 6.07) is 8.44. The summed E-state index contributed by atoms with van der Waals surface area (Å²) in [5, 5.41) is 7.64. The second-order valence-electron chi connectivity index (χ2n) is 3.70. The van der Waals surface area contributed by atoms with E-state index in [4.69, 9.17) is 11.6 Å². The Morgan fingerprint density at radius 2 is 2.36 bits per heavy atom. The maximum atomic E-state index is 5.91. The third-order valence-electron chi connectivity index (χ3n) is 2.49. The van der Waals surface area contributed by atoms with Crippen LogP contribution < -0.4 is 10.6 Å². The topological polar surface area (TPSA) is 24.1 Å². The first kappa shape index (κ1) is 9.81. The molecule has 1 unspecified atom stereocenters. The fourth-order valence-corrected chi connectivity index (χ4v) is 1.98. The quantitative estimate of drug-likeness (QED) is 0.784. The third kappa shape index (κ3) is 2.63. The van der Waals surface area contributed by atoms with Crippen molar-refractivity contribution in [3.8, 4) is 0 Å². The minimum Gasteiger partial charge on any atom is -0.381 e. The molecule has 1 aromatic rings. The molecule has 0 aliphatic carbocycles. The molecule has 1 aromatic carbocycles. The van der Waals surface area contributed by atoms with Crippen LogP contribution in [0.1, 0.15) is 12.8 Å². The molecule has 0 aromatic heterocycles. The fraction of sp³-hybridized carbons (Fsp3) is 0.455. The molecule has 0 spiro atoms. The molecule has 76 valence electrons. The Labute approximate surface area is 89.7 Å². The van der Waals surface area contributed by atoms with Crippen LogP contribution in [-0.2, 0) is 0 Å². The number of halogens is 1. The third-order valence-corrected chi connectivity index (χ3v) is 2.73. The summed E-state index contributed by atoms with van der Waals surface area (Å²) >= 11 is 5.91. The Morgan fingerprint density at radius 3 is 3.07 bits per heavy atom. The van der Waals surface area contributed by atoms with E-state index in [-0.39, 0.29) is 0 Å². The maximum absolute atomic E-state index is 5.91. The van der Waals surface area contributed by atoms with E-state index in [1.807, 2.05) is 18.2 Å². The van der Waals surface area contributed by atoms with Gasteiger partial charge in [0.2, 0.25) is 0 Å². The van der Waals surface area contributed by atoms with Gasteiger partial charge in [-0.2, -0.15) is 0 Å². The predicted molar refractivity (Wildman–Crippen MR) is 61.0 cm³/mol. The Balaban J connectivity index is 1.95. The molecule has 1 aliphatic heterocycles. The average molecular weight is 211 g/mol. The summed E-state index contributed by atoms with van der Waals surface area (Å²) in [5.41, 5.74) is 1.12. The lowest BCUT2D eigenvalue weighted by atomic mass is 10.1. The molecule has 14 heavy (non-hydrogen) atoms. The van der Waals surface area contributed by atoms with Crippen LogP contribution in [0.25, 0.3) is 0 Å². The molecular formula is C11H15ClN2. The highest BCUT2D eigenvalue weighted by Gasteiger charge is 2.11. The highest BCUT2D eigenvalue weighted by atomic mass is 35.5. The first-order valence-electron chi connectivity index (χ1n) is 5.07. The smallest absolute Gasteiger partial charge is 0.0426 e. The molecule has 1 aliphatic rings. The molecule has 3 heteroatoms. The monoisotopic (exact) mass is 210 g/mol. The van der Waals surface area contributed by atoms with Crippen LogP contribution in [-0.4, -0.2) is 19.1 Å². The minimum absolute atomic E-state index is 0.544. The van der Waals surface area contributed by atoms with Gasteiger partial charge in [0.25, 0.3) is 0 Å². The van der Waals surface area contributed by atoms with Gasteiger partial charge in [0.1, 0.15) is 0 Å². The van der Waals surface area contributed by atoms with Gasteiger partial charge in [0.05, 0.1) is 0 Å². The maximum Gasteiger partial charge on any atom is 0.0426 e. The minimum atomic E-state index is 0.544. The number of nitrogens with one attached hydrogen (secondary N) is 2. The molecule has 0 bridgehead atoms. The Morgan fingerprint density at radius 1 is 1.43 bits per heavy atom. The van der Waals surface area contributed by atoms with Crippen molar-refractivity contribution in [3.63, 3.8) is 0 Å². The molecule has 0 radical (unpaired) electrons. The van der Waals surface area contributed by atoms with E-state index in [1.54, 1.807) is 0 Å². The van der Waals surface area contributed by atoms with Crippen LogP contribution in [0.2, 0.25) is 5.02 Å². The lowest BCUT2D eigenvalue weighted by molar-refractivity contribution is 0.480. The summed E-state index contributed by atoms with van der Waals surface area (Å²) in [7, 11) is 0. The molecule has 1 atom stereocenters. The standard InChI is InChI=1S/C11H15ClN2/c12-9-3-1-4-10(7-9)14-11-5-2-6-13-8-11/h1,3-4,7,11,13-14H,2,5-6,8H2. The van der Waals surface area contributed by atoms with Crippen LogP contribution in [0.15, 0.2) is 24.3 Å². The largest absolute Gasteiger partial charge is 0.381 e. The molecular weight excluding hydrogens is 196 g/mol. The van der Waals surface area contributed by atoms with Gasteiger partial charge in [0, 0.05) is 23.3 Å².